The average molecular weight is 697 g/mol. The van der Waals surface area contributed by atoms with E-state index in [9.17, 15) is 24.3 Å². The number of benzene rings is 4. The van der Waals surface area contributed by atoms with Gasteiger partial charge in [0.25, 0.3) is 0 Å². The minimum Gasteiger partial charge on any atom is -0.477 e. The Kier molecular flexibility index (Phi) is 10.7. The zero-order valence-electron chi connectivity index (χ0n) is 28.2. The number of nitrogens with zero attached hydrogens (tertiary/aromatic N) is 1. The van der Waals surface area contributed by atoms with Crippen molar-refractivity contribution in [3.8, 4) is 0 Å². The maximum Gasteiger partial charge on any atom is 0.411 e. The lowest BCUT2D eigenvalue weighted by Crippen LogP contribution is -2.69. The molecule has 254 valence electrons. The van der Waals surface area contributed by atoms with E-state index in [4.69, 9.17) is 4.43 Å². The summed E-state index contributed by atoms with van der Waals surface area (Å²) in [5.41, 5.74) is 0.760. The van der Waals surface area contributed by atoms with Crippen molar-refractivity contribution in [3.05, 3.63) is 121 Å². The van der Waals surface area contributed by atoms with Crippen LogP contribution in [-0.4, -0.2) is 66.7 Å². The highest BCUT2D eigenvalue weighted by Gasteiger charge is 2.56. The summed E-state index contributed by atoms with van der Waals surface area (Å²) in [6.45, 7) is 4.69. The third-order valence-corrected chi connectivity index (χ3v) is 13.9. The van der Waals surface area contributed by atoms with Crippen molar-refractivity contribution in [1.82, 2.24) is 4.90 Å². The highest BCUT2D eigenvalue weighted by atomic mass is 31.2. The minimum atomic E-state index is -3.23. The number of rotatable bonds is 12. The molecule has 0 aromatic heterocycles. The van der Waals surface area contributed by atoms with Gasteiger partial charge in [-0.15, -0.1) is 0 Å². The first-order chi connectivity index (χ1) is 23.4. The van der Waals surface area contributed by atoms with Gasteiger partial charge in [0, 0.05) is 24.6 Å². The van der Waals surface area contributed by atoms with Gasteiger partial charge in [-0.2, -0.15) is 0 Å². The molecule has 0 saturated carbocycles. The van der Waals surface area contributed by atoms with Gasteiger partial charge in [-0.05, 0) is 66.7 Å². The first kappa shape index (κ1) is 35.5. The zero-order chi connectivity index (χ0) is 35.3. The van der Waals surface area contributed by atoms with Crippen molar-refractivity contribution in [2.75, 3.05) is 12.4 Å². The van der Waals surface area contributed by atoms with Gasteiger partial charge in [-0.1, -0.05) is 91.0 Å². The Bertz CT molecular complexity index is 1770. The molecule has 1 heterocycles. The normalized spacial score (nSPS) is 16.7. The van der Waals surface area contributed by atoms with Gasteiger partial charge in [0.15, 0.2) is 14.1 Å². The fourth-order valence-electron chi connectivity index (χ4n) is 6.58. The van der Waals surface area contributed by atoms with Crippen LogP contribution in [0.4, 0.5) is 10.5 Å². The number of β-lactam (4-membered cyclic amide) rings is 1. The number of amides is 2. The summed E-state index contributed by atoms with van der Waals surface area (Å²) in [7, 11) is -0.875. The number of anilines is 1. The van der Waals surface area contributed by atoms with Crippen molar-refractivity contribution in [3.63, 3.8) is 0 Å². The summed E-state index contributed by atoms with van der Waals surface area (Å²) in [5.74, 6) is -2.63. The van der Waals surface area contributed by atoms with Crippen LogP contribution in [0.25, 0.3) is 0 Å². The highest BCUT2D eigenvalue weighted by molar-refractivity contribution is 7.96. The Morgan fingerprint density at radius 2 is 1.29 bits per heavy atom. The number of ether oxygens (including phenoxy) is 1. The minimum absolute atomic E-state index is 0.0482. The summed E-state index contributed by atoms with van der Waals surface area (Å²) in [6, 6.07) is 33.9. The topological polar surface area (TPSA) is 122 Å². The van der Waals surface area contributed by atoms with E-state index in [0.29, 0.717) is 11.3 Å². The van der Waals surface area contributed by atoms with Gasteiger partial charge < -0.3 is 19.2 Å². The van der Waals surface area contributed by atoms with E-state index in [1.54, 1.807) is 24.3 Å². The fraction of sp³-hybridized carbons (Fsp3) is 0.237. The maximum absolute atomic E-state index is 14.5. The Labute approximate surface area is 288 Å². The van der Waals surface area contributed by atoms with Crippen molar-refractivity contribution in [2.24, 2.45) is 5.92 Å². The number of ketones is 1. The van der Waals surface area contributed by atoms with E-state index in [2.05, 4.69) is 10.1 Å². The first-order valence-electron chi connectivity index (χ1n) is 16.0. The first-order valence-corrected chi connectivity index (χ1v) is 21.2. The van der Waals surface area contributed by atoms with Gasteiger partial charge in [0.05, 0.1) is 25.2 Å². The lowest BCUT2D eigenvalue weighted by molar-refractivity contribution is -0.155. The number of carbonyl (C=O) groups excluding carboxylic acids is 3. The largest absolute Gasteiger partial charge is 0.477 e. The van der Waals surface area contributed by atoms with Gasteiger partial charge in [0.2, 0.25) is 5.91 Å². The number of methoxy groups -OCH3 is 1. The molecule has 1 aliphatic rings. The molecule has 0 radical (unpaired) electrons. The molecule has 0 aliphatic carbocycles. The lowest BCUT2D eigenvalue weighted by Gasteiger charge is -2.51. The van der Waals surface area contributed by atoms with E-state index < -0.39 is 45.3 Å². The van der Waals surface area contributed by atoms with Crippen LogP contribution in [0.3, 0.4) is 0 Å². The Morgan fingerprint density at radius 3 is 1.69 bits per heavy atom. The average Bonchev–Trinajstić information content (AvgIpc) is 3.08. The molecule has 0 spiro atoms. The molecule has 9 nitrogen and oxygen atoms in total. The van der Waals surface area contributed by atoms with E-state index in [1.165, 1.54) is 12.0 Å². The number of aliphatic carboxylic acids is 1. The van der Waals surface area contributed by atoms with Crippen LogP contribution in [0.2, 0.25) is 19.6 Å². The van der Waals surface area contributed by atoms with Crippen LogP contribution in [0.15, 0.2) is 115 Å². The number of likely N-dealkylation sites (tertiary alicyclic amines) is 1. The molecule has 0 bridgehead atoms. The Morgan fingerprint density at radius 1 is 0.816 bits per heavy atom. The smallest absolute Gasteiger partial charge is 0.411 e. The van der Waals surface area contributed by atoms with E-state index in [0.717, 1.165) is 15.9 Å². The molecule has 5 rings (SSSR count). The standard InChI is InChI=1S/C38H41N2O7PSi/c1-26(47-49(3,4)5)34-32(25-33(41)27-21-23-28(24-22-27)39-38(45)46-2)40(35(34)42)36(37(43)44)48(29-15-9-6-10-16-29,30-17-11-7-12-18-30)31-19-13-8-14-20-31/h6-24,26,32,34H,25H2,1-5H3,(H,39,45)(H,43,44)/t26-,32-,34-/m1/s1. The number of nitrogens with one attached hydrogen (secondary N) is 1. The zero-order valence-corrected chi connectivity index (χ0v) is 30.1. The third kappa shape index (κ3) is 7.32. The van der Waals surface area contributed by atoms with E-state index >= 15 is 0 Å². The summed E-state index contributed by atoms with van der Waals surface area (Å²) >= 11 is 0. The quantitative estimate of drug-likeness (QED) is 0.0842. The van der Waals surface area contributed by atoms with Crippen molar-refractivity contribution < 1.29 is 33.4 Å². The molecule has 1 saturated heterocycles. The summed E-state index contributed by atoms with van der Waals surface area (Å²) in [5, 5.41) is 16.2. The second-order valence-electron chi connectivity index (χ2n) is 12.9. The number of carboxylic acids is 1. The monoisotopic (exact) mass is 696 g/mol. The fourth-order valence-corrected chi connectivity index (χ4v) is 12.2. The van der Waals surface area contributed by atoms with Crippen LogP contribution < -0.4 is 21.2 Å². The molecule has 0 unspecified atom stereocenters. The van der Waals surface area contributed by atoms with E-state index in [-0.39, 0.29) is 23.5 Å². The van der Waals surface area contributed by atoms with Crippen molar-refractivity contribution >= 4 is 66.0 Å². The number of carbonyl (C=O) groups is 4. The predicted molar refractivity (Wildman–Crippen MR) is 197 cm³/mol. The second kappa shape index (κ2) is 14.8. The molecule has 2 amide bonds. The molecular weight excluding hydrogens is 655 g/mol. The molecule has 1 aliphatic heterocycles. The van der Waals surface area contributed by atoms with E-state index in [1.807, 2.05) is 118 Å². The molecule has 1 fully saturated rings. The van der Waals surface area contributed by atoms with Gasteiger partial charge >= 0.3 is 12.1 Å². The number of carboxylic acid groups (broad SMARTS) is 1. The predicted octanol–water partition coefficient (Wildman–Crippen LogP) is 5.71. The second-order valence-corrected chi connectivity index (χ2v) is 20.6. The van der Waals surface area contributed by atoms with Crippen molar-refractivity contribution in [2.45, 2.75) is 45.1 Å². The van der Waals surface area contributed by atoms with Crippen molar-refractivity contribution in [1.29, 1.82) is 0 Å². The number of hydrogen-bond donors (Lipinski definition) is 2. The van der Waals surface area contributed by atoms with Crippen LogP contribution >= 0.6 is 6.89 Å². The molecular formula is C38H41N2O7PSi. The van der Waals surface area contributed by atoms with Crippen LogP contribution in [0, 0.1) is 5.92 Å². The number of hydrogen-bond acceptors (Lipinski definition) is 6. The Balaban J connectivity index is 1.73. The molecule has 4 aromatic rings. The lowest BCUT2D eigenvalue weighted by atomic mass is 9.79. The van der Waals surface area contributed by atoms with Gasteiger partial charge in [-0.3, -0.25) is 14.9 Å². The molecule has 11 heteroatoms. The van der Waals surface area contributed by atoms with Crippen LogP contribution in [0.5, 0.6) is 0 Å². The number of Topliss-reactive ketones (excluding diaryl/α,β-unsaturated/α-hetero) is 1. The van der Waals surface area contributed by atoms with Crippen LogP contribution in [-0.2, 0) is 18.8 Å². The molecule has 49 heavy (non-hydrogen) atoms. The summed E-state index contributed by atoms with van der Waals surface area (Å²) < 4.78 is 11.1. The van der Waals surface area contributed by atoms with Gasteiger partial charge in [-0.25, -0.2) is 9.59 Å². The van der Waals surface area contributed by atoms with Gasteiger partial charge in [0.1, 0.15) is 5.42 Å². The molecule has 4 aromatic carbocycles. The summed E-state index contributed by atoms with van der Waals surface area (Å²) in [6.07, 6.45) is -1.32. The summed E-state index contributed by atoms with van der Waals surface area (Å²) in [4.78, 5) is 55.4. The SMILES string of the molecule is COC(=O)Nc1ccc(C(=O)C[C@@H]2[C@@H]([C@@H](C)O[Si](C)(C)C)C(=O)N2C(C(=O)O)=P(c2ccccc2)(c2ccccc2)c2ccccc2)cc1. The molecule has 3 atom stereocenters. The Hall–Kier alpha value is -4.76. The molecule has 2 N–H and O–H groups in total. The van der Waals surface area contributed by atoms with Crippen LogP contribution in [0.1, 0.15) is 23.7 Å². The third-order valence-electron chi connectivity index (χ3n) is 8.51. The highest BCUT2D eigenvalue weighted by Crippen LogP contribution is 2.50. The maximum atomic E-state index is 14.5.